The maximum atomic E-state index is 12.5. The highest BCUT2D eigenvalue weighted by Crippen LogP contribution is 2.32. The van der Waals surface area contributed by atoms with Gasteiger partial charge < -0.3 is 10.5 Å². The lowest BCUT2D eigenvalue weighted by Crippen LogP contribution is -2.45. The van der Waals surface area contributed by atoms with Crippen LogP contribution in [0.15, 0.2) is 29.6 Å². The first-order chi connectivity index (χ1) is 9.11. The molecule has 0 saturated carbocycles. The van der Waals surface area contributed by atoms with E-state index < -0.39 is 5.41 Å². The summed E-state index contributed by atoms with van der Waals surface area (Å²) in [7, 11) is 0. The molecule has 1 aliphatic heterocycles. The standard InChI is InChI=1S/C15H17NO2S/c1-15(9-18-7-13(15)16)14(17)6-10-8-19-12-5-3-2-4-11(10)12/h2-5,8,13H,6-7,9,16H2,1H3. The zero-order valence-corrected chi connectivity index (χ0v) is 11.7. The number of hydrogen-bond donors (Lipinski definition) is 1. The van der Waals surface area contributed by atoms with Crippen LogP contribution in [0.5, 0.6) is 0 Å². The summed E-state index contributed by atoms with van der Waals surface area (Å²) in [6, 6.07) is 7.99. The molecule has 2 atom stereocenters. The Morgan fingerprint density at radius 1 is 1.53 bits per heavy atom. The van der Waals surface area contributed by atoms with Crippen molar-refractivity contribution in [3.63, 3.8) is 0 Å². The van der Waals surface area contributed by atoms with Crippen LogP contribution in [-0.2, 0) is 16.0 Å². The van der Waals surface area contributed by atoms with Crippen LogP contribution >= 0.6 is 11.3 Å². The second kappa shape index (κ2) is 4.71. The maximum Gasteiger partial charge on any atom is 0.147 e. The van der Waals surface area contributed by atoms with Gasteiger partial charge in [-0.05, 0) is 29.3 Å². The number of carbonyl (C=O) groups excluding carboxylic acids is 1. The maximum absolute atomic E-state index is 12.5. The lowest BCUT2D eigenvalue weighted by molar-refractivity contribution is -0.127. The van der Waals surface area contributed by atoms with E-state index in [2.05, 4.69) is 17.5 Å². The number of nitrogens with two attached hydrogens (primary N) is 1. The topological polar surface area (TPSA) is 52.3 Å². The van der Waals surface area contributed by atoms with Gasteiger partial charge in [0.15, 0.2) is 0 Å². The van der Waals surface area contributed by atoms with Crippen molar-refractivity contribution < 1.29 is 9.53 Å². The Labute approximate surface area is 116 Å². The number of thiophene rings is 1. The summed E-state index contributed by atoms with van der Waals surface area (Å²) in [5, 5.41) is 3.25. The summed E-state index contributed by atoms with van der Waals surface area (Å²) in [4.78, 5) is 12.5. The number of fused-ring (bicyclic) bond motifs is 1. The van der Waals surface area contributed by atoms with Gasteiger partial charge in [0.2, 0.25) is 0 Å². The summed E-state index contributed by atoms with van der Waals surface area (Å²) in [6.45, 7) is 2.84. The van der Waals surface area contributed by atoms with Gasteiger partial charge in [0.1, 0.15) is 5.78 Å². The Hall–Kier alpha value is -1.23. The van der Waals surface area contributed by atoms with Crippen molar-refractivity contribution in [1.82, 2.24) is 0 Å². The van der Waals surface area contributed by atoms with Crippen molar-refractivity contribution in [2.75, 3.05) is 13.2 Å². The normalized spacial score (nSPS) is 26.9. The highest BCUT2D eigenvalue weighted by molar-refractivity contribution is 7.17. The fourth-order valence-corrected chi connectivity index (χ4v) is 3.48. The predicted octanol–water partition coefficient (Wildman–Crippen LogP) is 2.38. The van der Waals surface area contributed by atoms with Crippen molar-refractivity contribution in [3.8, 4) is 0 Å². The highest BCUT2D eigenvalue weighted by atomic mass is 32.1. The van der Waals surface area contributed by atoms with E-state index in [4.69, 9.17) is 10.5 Å². The molecule has 2 N–H and O–H groups in total. The Morgan fingerprint density at radius 2 is 2.32 bits per heavy atom. The Bertz CT molecular complexity index is 621. The third kappa shape index (κ3) is 2.10. The first-order valence-electron chi connectivity index (χ1n) is 6.43. The van der Waals surface area contributed by atoms with Crippen LogP contribution in [0.4, 0.5) is 0 Å². The summed E-state index contributed by atoms with van der Waals surface area (Å²) in [5.41, 5.74) is 6.58. The Morgan fingerprint density at radius 3 is 3.05 bits per heavy atom. The largest absolute Gasteiger partial charge is 0.379 e. The van der Waals surface area contributed by atoms with Gasteiger partial charge >= 0.3 is 0 Å². The van der Waals surface area contributed by atoms with Gasteiger partial charge in [-0.1, -0.05) is 18.2 Å². The molecule has 2 unspecified atom stereocenters. The van der Waals surface area contributed by atoms with Gasteiger partial charge in [0.05, 0.1) is 18.6 Å². The monoisotopic (exact) mass is 275 g/mol. The van der Waals surface area contributed by atoms with Crippen LogP contribution in [0.3, 0.4) is 0 Å². The molecule has 1 fully saturated rings. The van der Waals surface area contributed by atoms with E-state index in [1.165, 1.54) is 10.1 Å². The molecular formula is C15H17NO2S. The second-order valence-corrected chi connectivity index (χ2v) is 6.31. The Balaban J connectivity index is 1.87. The van der Waals surface area contributed by atoms with Crippen LogP contribution in [-0.4, -0.2) is 25.0 Å². The van der Waals surface area contributed by atoms with E-state index in [0.29, 0.717) is 19.6 Å². The minimum absolute atomic E-state index is 0.182. The molecule has 1 aliphatic rings. The van der Waals surface area contributed by atoms with E-state index in [1.807, 2.05) is 19.1 Å². The first kappa shape index (κ1) is 12.8. The van der Waals surface area contributed by atoms with E-state index >= 15 is 0 Å². The smallest absolute Gasteiger partial charge is 0.147 e. The fraction of sp³-hybridized carbons (Fsp3) is 0.400. The number of ketones is 1. The molecule has 0 spiro atoms. The summed E-state index contributed by atoms with van der Waals surface area (Å²) >= 11 is 1.68. The molecule has 0 bridgehead atoms. The van der Waals surface area contributed by atoms with Crippen molar-refractivity contribution in [2.45, 2.75) is 19.4 Å². The van der Waals surface area contributed by atoms with Crippen molar-refractivity contribution in [2.24, 2.45) is 11.1 Å². The quantitative estimate of drug-likeness (QED) is 0.935. The lowest BCUT2D eigenvalue weighted by atomic mass is 9.79. The molecule has 1 aromatic heterocycles. The number of ether oxygens (including phenoxy) is 1. The zero-order valence-electron chi connectivity index (χ0n) is 10.9. The highest BCUT2D eigenvalue weighted by Gasteiger charge is 2.43. The van der Waals surface area contributed by atoms with Gasteiger partial charge in [-0.3, -0.25) is 4.79 Å². The predicted molar refractivity (Wildman–Crippen MR) is 77.4 cm³/mol. The first-order valence-corrected chi connectivity index (χ1v) is 7.31. The van der Waals surface area contributed by atoms with Crippen molar-refractivity contribution in [3.05, 3.63) is 35.2 Å². The molecule has 2 heterocycles. The van der Waals surface area contributed by atoms with Crippen LogP contribution in [0.25, 0.3) is 10.1 Å². The van der Waals surface area contributed by atoms with Crippen molar-refractivity contribution >= 4 is 27.2 Å². The molecule has 0 aliphatic carbocycles. The number of Topliss-reactive ketones (excluding diaryl/α,β-unsaturated/α-hetero) is 1. The van der Waals surface area contributed by atoms with E-state index in [-0.39, 0.29) is 11.8 Å². The molecule has 100 valence electrons. The van der Waals surface area contributed by atoms with E-state index in [9.17, 15) is 4.79 Å². The summed E-state index contributed by atoms with van der Waals surface area (Å²) in [6.07, 6.45) is 0.442. The lowest BCUT2D eigenvalue weighted by Gasteiger charge is -2.24. The van der Waals surface area contributed by atoms with Crippen LogP contribution in [0.2, 0.25) is 0 Å². The molecule has 3 nitrogen and oxygen atoms in total. The summed E-state index contributed by atoms with van der Waals surface area (Å²) in [5.74, 6) is 0.182. The average Bonchev–Trinajstić information content (AvgIpc) is 2.96. The van der Waals surface area contributed by atoms with Crippen LogP contribution < -0.4 is 5.73 Å². The van der Waals surface area contributed by atoms with E-state index in [1.54, 1.807) is 11.3 Å². The fourth-order valence-electron chi connectivity index (χ4n) is 2.52. The van der Waals surface area contributed by atoms with Gasteiger partial charge in [-0.25, -0.2) is 0 Å². The molecular weight excluding hydrogens is 258 g/mol. The summed E-state index contributed by atoms with van der Waals surface area (Å²) < 4.78 is 6.58. The number of hydrogen-bond acceptors (Lipinski definition) is 4. The molecule has 4 heteroatoms. The Kier molecular flexibility index (Phi) is 3.17. The van der Waals surface area contributed by atoms with Crippen LogP contribution in [0.1, 0.15) is 12.5 Å². The number of rotatable bonds is 3. The van der Waals surface area contributed by atoms with Gasteiger partial charge in [-0.15, -0.1) is 11.3 Å². The third-order valence-corrected chi connectivity index (χ3v) is 5.08. The molecule has 2 aromatic rings. The zero-order chi connectivity index (χ0) is 13.5. The van der Waals surface area contributed by atoms with Gasteiger partial charge in [0.25, 0.3) is 0 Å². The number of benzene rings is 1. The van der Waals surface area contributed by atoms with E-state index in [0.717, 1.165) is 5.56 Å². The molecule has 1 aromatic carbocycles. The number of carbonyl (C=O) groups is 1. The molecule has 1 saturated heterocycles. The van der Waals surface area contributed by atoms with Crippen LogP contribution in [0, 0.1) is 5.41 Å². The van der Waals surface area contributed by atoms with Gasteiger partial charge in [0, 0.05) is 17.2 Å². The van der Waals surface area contributed by atoms with Gasteiger partial charge in [-0.2, -0.15) is 0 Å². The average molecular weight is 275 g/mol. The molecule has 19 heavy (non-hydrogen) atoms. The minimum Gasteiger partial charge on any atom is -0.379 e. The van der Waals surface area contributed by atoms with Crippen molar-refractivity contribution in [1.29, 1.82) is 0 Å². The SMILES string of the molecule is CC1(C(=O)Cc2csc3ccccc23)COCC1N. The third-order valence-electron chi connectivity index (χ3n) is 4.07. The minimum atomic E-state index is -0.539. The molecule has 0 radical (unpaired) electrons. The molecule has 0 amide bonds. The molecule has 3 rings (SSSR count). The second-order valence-electron chi connectivity index (χ2n) is 5.40.